The van der Waals surface area contributed by atoms with Crippen molar-refractivity contribution in [1.82, 2.24) is 5.32 Å². The van der Waals surface area contributed by atoms with Gasteiger partial charge in [0.05, 0.1) is 5.02 Å². The molecular weight excluding hydrogens is 326 g/mol. The number of nitrogens with one attached hydrogen (secondary N) is 1. The molecule has 0 bridgehead atoms. The average Bonchev–Trinajstić information content (AvgIpc) is 2.71. The summed E-state index contributed by atoms with van der Waals surface area (Å²) in [5.41, 5.74) is 3.41. The first kappa shape index (κ1) is 15.6. The van der Waals surface area contributed by atoms with Gasteiger partial charge in [-0.1, -0.05) is 23.7 Å². The number of phenolic OH excluding ortho intramolecular Hbond substituents is 1. The van der Waals surface area contributed by atoms with E-state index in [4.69, 9.17) is 21.1 Å². The second-order valence-electron chi connectivity index (χ2n) is 6.79. The van der Waals surface area contributed by atoms with Gasteiger partial charge in [0.25, 0.3) is 0 Å². The van der Waals surface area contributed by atoms with Crippen molar-refractivity contribution in [1.29, 1.82) is 0 Å². The first-order valence-electron chi connectivity index (χ1n) is 8.17. The van der Waals surface area contributed by atoms with Gasteiger partial charge in [-0.25, -0.2) is 0 Å². The van der Waals surface area contributed by atoms with Gasteiger partial charge in [0.2, 0.25) is 5.79 Å². The predicted octanol–water partition coefficient (Wildman–Crippen LogP) is 3.83. The molecule has 0 fully saturated rings. The van der Waals surface area contributed by atoms with Gasteiger partial charge in [0.1, 0.15) is 5.75 Å². The van der Waals surface area contributed by atoms with E-state index in [1.807, 2.05) is 26.0 Å². The smallest absolute Gasteiger partial charge is 0.246 e. The number of ether oxygens (including phenoxy) is 2. The molecule has 2 aliphatic rings. The Kier molecular flexibility index (Phi) is 3.62. The quantitative estimate of drug-likeness (QED) is 0.824. The van der Waals surface area contributed by atoms with Crippen LogP contribution in [-0.2, 0) is 6.42 Å². The Balaban J connectivity index is 1.85. The van der Waals surface area contributed by atoms with Crippen LogP contribution in [0.1, 0.15) is 36.5 Å². The molecule has 2 aromatic carbocycles. The highest BCUT2D eigenvalue weighted by Crippen LogP contribution is 2.49. The van der Waals surface area contributed by atoms with Crippen LogP contribution in [0.3, 0.4) is 0 Å². The van der Waals surface area contributed by atoms with Gasteiger partial charge in [-0.05, 0) is 47.9 Å². The van der Waals surface area contributed by atoms with E-state index >= 15 is 0 Å². The predicted molar refractivity (Wildman–Crippen MR) is 93.3 cm³/mol. The van der Waals surface area contributed by atoms with Crippen molar-refractivity contribution >= 4 is 11.6 Å². The Morgan fingerprint density at radius 2 is 1.96 bits per heavy atom. The van der Waals surface area contributed by atoms with Crippen LogP contribution in [0, 0.1) is 0 Å². The molecule has 4 nitrogen and oxygen atoms in total. The molecule has 0 saturated heterocycles. The van der Waals surface area contributed by atoms with Gasteiger partial charge in [0, 0.05) is 26.3 Å². The second kappa shape index (κ2) is 5.57. The van der Waals surface area contributed by atoms with Crippen molar-refractivity contribution in [3.63, 3.8) is 0 Å². The summed E-state index contributed by atoms with van der Waals surface area (Å²) < 4.78 is 11.8. The summed E-state index contributed by atoms with van der Waals surface area (Å²) in [5, 5.41) is 13.7. The van der Waals surface area contributed by atoms with E-state index in [1.165, 1.54) is 0 Å². The molecule has 2 aromatic rings. The lowest BCUT2D eigenvalue weighted by molar-refractivity contribution is -0.0431. The van der Waals surface area contributed by atoms with Crippen molar-refractivity contribution in [3.8, 4) is 17.2 Å². The number of hydrogen-bond acceptors (Lipinski definition) is 4. The summed E-state index contributed by atoms with van der Waals surface area (Å²) in [5.74, 6) is 1.07. The third-order valence-corrected chi connectivity index (χ3v) is 5.00. The van der Waals surface area contributed by atoms with Crippen molar-refractivity contribution in [3.05, 3.63) is 52.0 Å². The number of benzene rings is 2. The molecule has 1 atom stereocenters. The Morgan fingerprint density at radius 1 is 1.21 bits per heavy atom. The average molecular weight is 346 g/mol. The fraction of sp³-hybridized carbons (Fsp3) is 0.368. The van der Waals surface area contributed by atoms with Gasteiger partial charge >= 0.3 is 0 Å². The maximum absolute atomic E-state index is 9.56. The summed E-state index contributed by atoms with van der Waals surface area (Å²) in [6, 6.07) is 9.42. The Labute approximate surface area is 146 Å². The lowest BCUT2D eigenvalue weighted by Gasteiger charge is -2.19. The molecule has 0 spiro atoms. The first-order valence-corrected chi connectivity index (χ1v) is 8.55. The standard InChI is InChI=1S/C19H20ClNO3/c1-19(2)23-16-9-14-13(17(20)18(16)24-19)7-8-21-10-15(14)11-3-5-12(22)6-4-11/h3-6,9,15,21-22H,7-8,10H2,1-2H3/t15-/m1/s1. The topological polar surface area (TPSA) is 50.7 Å². The fourth-order valence-electron chi connectivity index (χ4n) is 3.51. The van der Waals surface area contributed by atoms with Crippen LogP contribution >= 0.6 is 11.6 Å². The molecule has 5 heteroatoms. The highest BCUT2D eigenvalue weighted by Gasteiger charge is 2.36. The Hall–Kier alpha value is -1.91. The molecular formula is C19H20ClNO3. The molecule has 24 heavy (non-hydrogen) atoms. The number of fused-ring (bicyclic) bond motifs is 2. The zero-order valence-corrected chi connectivity index (χ0v) is 14.5. The van der Waals surface area contributed by atoms with Crippen LogP contribution in [0.15, 0.2) is 30.3 Å². The molecule has 0 saturated carbocycles. The van der Waals surface area contributed by atoms with Crippen molar-refractivity contribution < 1.29 is 14.6 Å². The third kappa shape index (κ3) is 2.60. The zero-order valence-electron chi connectivity index (χ0n) is 13.7. The molecule has 0 radical (unpaired) electrons. The molecule has 2 N–H and O–H groups in total. The molecule has 2 aliphatic heterocycles. The van der Waals surface area contributed by atoms with Crippen LogP contribution in [-0.4, -0.2) is 24.0 Å². The van der Waals surface area contributed by atoms with Crippen molar-refractivity contribution in [2.45, 2.75) is 32.0 Å². The van der Waals surface area contributed by atoms with E-state index in [9.17, 15) is 5.11 Å². The number of hydrogen-bond donors (Lipinski definition) is 2. The minimum Gasteiger partial charge on any atom is -0.508 e. The van der Waals surface area contributed by atoms with Crippen LogP contribution < -0.4 is 14.8 Å². The lowest BCUT2D eigenvalue weighted by atomic mass is 9.87. The van der Waals surface area contributed by atoms with Gasteiger partial charge in [-0.15, -0.1) is 0 Å². The highest BCUT2D eigenvalue weighted by molar-refractivity contribution is 6.33. The van der Waals surface area contributed by atoms with Gasteiger partial charge < -0.3 is 19.9 Å². The fourth-order valence-corrected chi connectivity index (χ4v) is 3.84. The summed E-state index contributed by atoms with van der Waals surface area (Å²) in [6.45, 7) is 5.45. The summed E-state index contributed by atoms with van der Waals surface area (Å²) >= 11 is 6.68. The highest BCUT2D eigenvalue weighted by atomic mass is 35.5. The maximum Gasteiger partial charge on any atom is 0.246 e. The lowest BCUT2D eigenvalue weighted by Crippen LogP contribution is -2.29. The molecule has 0 aromatic heterocycles. The summed E-state index contributed by atoms with van der Waals surface area (Å²) in [7, 11) is 0. The maximum atomic E-state index is 9.56. The van der Waals surface area contributed by atoms with E-state index in [0.29, 0.717) is 16.5 Å². The number of halogens is 1. The van der Waals surface area contributed by atoms with Gasteiger partial charge in [-0.3, -0.25) is 0 Å². The van der Waals surface area contributed by atoms with Crippen LogP contribution in [0.25, 0.3) is 0 Å². The normalized spacial score (nSPS) is 21.2. The number of rotatable bonds is 1. The largest absolute Gasteiger partial charge is 0.508 e. The van der Waals surface area contributed by atoms with Crippen molar-refractivity contribution in [2.75, 3.05) is 13.1 Å². The van der Waals surface area contributed by atoms with Gasteiger partial charge in [-0.2, -0.15) is 0 Å². The van der Waals surface area contributed by atoms with Crippen LogP contribution in [0.5, 0.6) is 17.2 Å². The summed E-state index contributed by atoms with van der Waals surface area (Å²) in [6.07, 6.45) is 0.847. The molecule has 0 unspecified atom stereocenters. The monoisotopic (exact) mass is 345 g/mol. The van der Waals surface area contributed by atoms with E-state index in [2.05, 4.69) is 11.4 Å². The van der Waals surface area contributed by atoms with Crippen LogP contribution in [0.4, 0.5) is 0 Å². The van der Waals surface area contributed by atoms with Crippen LogP contribution in [0.2, 0.25) is 5.02 Å². The minimum atomic E-state index is -0.696. The first-order chi connectivity index (χ1) is 11.4. The molecule has 0 amide bonds. The molecule has 2 heterocycles. The molecule has 0 aliphatic carbocycles. The third-order valence-electron chi connectivity index (χ3n) is 4.60. The Bertz CT molecular complexity index is 786. The van der Waals surface area contributed by atoms with Gasteiger partial charge in [0.15, 0.2) is 11.5 Å². The zero-order chi connectivity index (χ0) is 16.9. The molecule has 126 valence electrons. The van der Waals surface area contributed by atoms with E-state index in [0.717, 1.165) is 36.2 Å². The molecule has 4 rings (SSSR count). The number of aromatic hydroxyl groups is 1. The van der Waals surface area contributed by atoms with Crippen molar-refractivity contribution in [2.24, 2.45) is 0 Å². The number of phenols is 1. The second-order valence-corrected chi connectivity index (χ2v) is 7.17. The van der Waals surface area contributed by atoms with E-state index in [-0.39, 0.29) is 11.7 Å². The Morgan fingerprint density at radius 3 is 2.71 bits per heavy atom. The van der Waals surface area contributed by atoms with E-state index < -0.39 is 5.79 Å². The van der Waals surface area contributed by atoms with E-state index in [1.54, 1.807) is 12.1 Å². The SMILES string of the molecule is CC1(C)Oc2cc3c(c(Cl)c2O1)CCNC[C@@H]3c1ccc(O)cc1. The minimum absolute atomic E-state index is 0.151. The summed E-state index contributed by atoms with van der Waals surface area (Å²) in [4.78, 5) is 0.